The minimum atomic E-state index is -0.254. The minimum Gasteiger partial charge on any atom is -0.338 e. The number of rotatable bonds is 4. The fourth-order valence-corrected chi connectivity index (χ4v) is 2.71. The van der Waals surface area contributed by atoms with Crippen molar-refractivity contribution in [1.29, 1.82) is 0 Å². The lowest BCUT2D eigenvalue weighted by Crippen LogP contribution is -2.45. The van der Waals surface area contributed by atoms with Crippen molar-refractivity contribution in [2.45, 2.75) is 0 Å². The SMILES string of the molecule is CN1CCN(c2ncc(NC(=O)/C=C/c3ccccc3Cl)cn2)CC1. The van der Waals surface area contributed by atoms with Gasteiger partial charge in [0.1, 0.15) is 0 Å². The summed E-state index contributed by atoms with van der Waals surface area (Å²) < 4.78 is 0. The Balaban J connectivity index is 1.58. The Kier molecular flexibility index (Phi) is 5.63. The van der Waals surface area contributed by atoms with E-state index in [0.717, 1.165) is 31.7 Å². The number of amides is 1. The molecule has 1 saturated heterocycles. The fraction of sp³-hybridized carbons (Fsp3) is 0.278. The average Bonchev–Trinajstić information content (AvgIpc) is 2.62. The Hall–Kier alpha value is -2.44. The van der Waals surface area contributed by atoms with Crippen LogP contribution in [0.3, 0.4) is 0 Å². The maximum atomic E-state index is 12.0. The van der Waals surface area contributed by atoms with Gasteiger partial charge in [-0.05, 0) is 24.8 Å². The number of hydrogen-bond acceptors (Lipinski definition) is 5. The van der Waals surface area contributed by atoms with E-state index < -0.39 is 0 Å². The number of anilines is 2. The summed E-state index contributed by atoms with van der Waals surface area (Å²) in [6, 6.07) is 7.34. The van der Waals surface area contributed by atoms with Crippen LogP contribution in [0.2, 0.25) is 5.02 Å². The number of carbonyl (C=O) groups excluding carboxylic acids is 1. The molecule has 0 saturated carbocycles. The maximum Gasteiger partial charge on any atom is 0.248 e. The molecule has 1 aromatic carbocycles. The number of likely N-dealkylation sites (N-methyl/N-ethyl adjacent to an activating group) is 1. The van der Waals surface area contributed by atoms with Crippen LogP contribution in [-0.4, -0.2) is 54.0 Å². The van der Waals surface area contributed by atoms with Crippen LogP contribution in [-0.2, 0) is 4.79 Å². The van der Waals surface area contributed by atoms with Crippen molar-refractivity contribution in [1.82, 2.24) is 14.9 Å². The highest BCUT2D eigenvalue weighted by Crippen LogP contribution is 2.16. The van der Waals surface area contributed by atoms with E-state index in [0.29, 0.717) is 16.7 Å². The van der Waals surface area contributed by atoms with Gasteiger partial charge in [-0.25, -0.2) is 9.97 Å². The van der Waals surface area contributed by atoms with Gasteiger partial charge in [0.05, 0.1) is 18.1 Å². The van der Waals surface area contributed by atoms with Gasteiger partial charge in [0.15, 0.2) is 0 Å². The minimum absolute atomic E-state index is 0.254. The molecule has 0 spiro atoms. The first-order valence-corrected chi connectivity index (χ1v) is 8.49. The Morgan fingerprint density at radius 1 is 1.16 bits per heavy atom. The van der Waals surface area contributed by atoms with Gasteiger partial charge in [0.2, 0.25) is 11.9 Å². The Labute approximate surface area is 152 Å². The van der Waals surface area contributed by atoms with Gasteiger partial charge in [-0.1, -0.05) is 29.8 Å². The molecule has 3 rings (SSSR count). The normalized spacial score (nSPS) is 15.5. The molecule has 1 aromatic heterocycles. The van der Waals surface area contributed by atoms with E-state index in [1.54, 1.807) is 24.5 Å². The van der Waals surface area contributed by atoms with E-state index in [1.165, 1.54) is 6.08 Å². The molecule has 0 unspecified atom stereocenters. The van der Waals surface area contributed by atoms with Crippen LogP contribution in [0.5, 0.6) is 0 Å². The summed E-state index contributed by atoms with van der Waals surface area (Å²) >= 11 is 6.06. The van der Waals surface area contributed by atoms with Crippen molar-refractivity contribution >= 4 is 35.2 Å². The number of nitrogens with one attached hydrogen (secondary N) is 1. The maximum absolute atomic E-state index is 12.0. The number of carbonyl (C=O) groups is 1. The summed E-state index contributed by atoms with van der Waals surface area (Å²) in [5.41, 5.74) is 1.35. The zero-order chi connectivity index (χ0) is 17.6. The fourth-order valence-electron chi connectivity index (χ4n) is 2.52. The van der Waals surface area contributed by atoms with Gasteiger partial charge < -0.3 is 15.1 Å². The second kappa shape index (κ2) is 8.09. The van der Waals surface area contributed by atoms with E-state index >= 15 is 0 Å². The van der Waals surface area contributed by atoms with Gasteiger partial charge in [0, 0.05) is 37.3 Å². The van der Waals surface area contributed by atoms with Crippen LogP contribution in [0.4, 0.5) is 11.6 Å². The van der Waals surface area contributed by atoms with Gasteiger partial charge >= 0.3 is 0 Å². The third-order valence-corrected chi connectivity index (χ3v) is 4.36. The highest BCUT2D eigenvalue weighted by Gasteiger charge is 2.16. The lowest BCUT2D eigenvalue weighted by Gasteiger charge is -2.32. The lowest BCUT2D eigenvalue weighted by atomic mass is 10.2. The van der Waals surface area contributed by atoms with E-state index in [2.05, 4.69) is 32.1 Å². The summed E-state index contributed by atoms with van der Waals surface area (Å²) in [7, 11) is 2.10. The predicted molar refractivity (Wildman–Crippen MR) is 101 cm³/mol. The average molecular weight is 358 g/mol. The molecule has 130 valence electrons. The number of hydrogen-bond donors (Lipinski definition) is 1. The molecule has 1 N–H and O–H groups in total. The molecule has 1 fully saturated rings. The van der Waals surface area contributed by atoms with Gasteiger partial charge in [-0.15, -0.1) is 0 Å². The third kappa shape index (κ3) is 4.78. The first-order valence-electron chi connectivity index (χ1n) is 8.11. The largest absolute Gasteiger partial charge is 0.338 e. The van der Waals surface area contributed by atoms with Crippen LogP contribution in [0, 0.1) is 0 Å². The van der Waals surface area contributed by atoms with Crippen molar-refractivity contribution < 1.29 is 4.79 Å². The number of piperazine rings is 1. The van der Waals surface area contributed by atoms with Crippen molar-refractivity contribution in [2.24, 2.45) is 0 Å². The van der Waals surface area contributed by atoms with Crippen LogP contribution in [0.25, 0.3) is 6.08 Å². The topological polar surface area (TPSA) is 61.4 Å². The summed E-state index contributed by atoms with van der Waals surface area (Å²) in [6.07, 6.45) is 6.37. The summed E-state index contributed by atoms with van der Waals surface area (Å²) in [4.78, 5) is 25.1. The third-order valence-electron chi connectivity index (χ3n) is 4.01. The first kappa shape index (κ1) is 17.4. The van der Waals surface area contributed by atoms with Gasteiger partial charge in [-0.2, -0.15) is 0 Å². The van der Waals surface area contributed by atoms with Crippen molar-refractivity contribution in [3.05, 3.63) is 53.3 Å². The summed E-state index contributed by atoms with van der Waals surface area (Å²) in [5, 5.41) is 3.35. The smallest absolute Gasteiger partial charge is 0.248 e. The summed E-state index contributed by atoms with van der Waals surface area (Å²) in [5.74, 6) is 0.438. The molecule has 7 heteroatoms. The molecule has 2 heterocycles. The predicted octanol–water partition coefficient (Wildman–Crippen LogP) is 2.53. The molecule has 25 heavy (non-hydrogen) atoms. The van der Waals surface area contributed by atoms with Crippen molar-refractivity contribution in [3.8, 4) is 0 Å². The molecule has 1 aliphatic heterocycles. The zero-order valence-corrected chi connectivity index (χ0v) is 14.8. The van der Waals surface area contributed by atoms with E-state index in [1.807, 2.05) is 18.2 Å². The second-order valence-electron chi connectivity index (χ2n) is 5.91. The second-order valence-corrected chi connectivity index (χ2v) is 6.31. The van der Waals surface area contributed by atoms with Crippen LogP contribution in [0.15, 0.2) is 42.7 Å². The monoisotopic (exact) mass is 357 g/mol. The van der Waals surface area contributed by atoms with E-state index in [9.17, 15) is 4.79 Å². The Morgan fingerprint density at radius 3 is 2.52 bits per heavy atom. The van der Waals surface area contributed by atoms with Crippen molar-refractivity contribution in [2.75, 3.05) is 43.4 Å². The quantitative estimate of drug-likeness (QED) is 0.852. The van der Waals surface area contributed by atoms with Crippen molar-refractivity contribution in [3.63, 3.8) is 0 Å². The number of aromatic nitrogens is 2. The molecule has 1 amide bonds. The number of benzene rings is 1. The number of halogens is 1. The molecular formula is C18H20ClN5O. The van der Waals surface area contributed by atoms with E-state index in [4.69, 9.17) is 11.6 Å². The molecule has 1 aliphatic rings. The molecule has 0 bridgehead atoms. The Bertz CT molecular complexity index is 754. The molecule has 6 nitrogen and oxygen atoms in total. The van der Waals surface area contributed by atoms with Crippen LogP contribution >= 0.6 is 11.6 Å². The standard InChI is InChI=1S/C18H20ClN5O/c1-23-8-10-24(11-9-23)18-20-12-15(13-21-18)22-17(25)7-6-14-4-2-3-5-16(14)19/h2-7,12-13H,8-11H2,1H3,(H,22,25)/b7-6+. The lowest BCUT2D eigenvalue weighted by molar-refractivity contribution is -0.111. The molecule has 0 radical (unpaired) electrons. The van der Waals surface area contributed by atoms with Gasteiger partial charge in [0.25, 0.3) is 0 Å². The highest BCUT2D eigenvalue weighted by atomic mass is 35.5. The Morgan fingerprint density at radius 2 is 1.84 bits per heavy atom. The molecule has 0 aliphatic carbocycles. The molecular weight excluding hydrogens is 338 g/mol. The van der Waals surface area contributed by atoms with E-state index in [-0.39, 0.29) is 5.91 Å². The summed E-state index contributed by atoms with van der Waals surface area (Å²) in [6.45, 7) is 3.80. The molecule has 2 aromatic rings. The zero-order valence-electron chi connectivity index (χ0n) is 14.0. The van der Waals surface area contributed by atoms with Crippen LogP contribution < -0.4 is 10.2 Å². The first-order chi connectivity index (χ1) is 12.1. The molecule has 0 atom stereocenters. The number of nitrogens with zero attached hydrogens (tertiary/aromatic N) is 4. The highest BCUT2D eigenvalue weighted by molar-refractivity contribution is 6.32. The van der Waals surface area contributed by atoms with Crippen LogP contribution in [0.1, 0.15) is 5.56 Å². The van der Waals surface area contributed by atoms with Gasteiger partial charge in [-0.3, -0.25) is 4.79 Å².